The minimum Gasteiger partial charge on any atom is -0.372 e. The van der Waals surface area contributed by atoms with Crippen molar-refractivity contribution < 1.29 is 0 Å². The minimum absolute atomic E-state index is 0.982. The molecule has 2 nitrogen and oxygen atoms in total. The molecule has 3 heteroatoms. The third kappa shape index (κ3) is 2.70. The first-order valence-electron chi connectivity index (χ1n) is 4.80. The van der Waals surface area contributed by atoms with Crippen LogP contribution in [-0.2, 0) is 0 Å². The second-order valence-electron chi connectivity index (χ2n) is 2.95. The van der Waals surface area contributed by atoms with E-state index in [2.05, 4.69) is 53.9 Å². The highest BCUT2D eigenvalue weighted by molar-refractivity contribution is 7.79. The first-order valence-corrected chi connectivity index (χ1v) is 5.20. The number of rotatable bonds is 5. The molecule has 0 bridgehead atoms. The smallest absolute Gasteiger partial charge is 0.138 e. The molecule has 1 N–H and O–H groups in total. The molecule has 1 rings (SSSR count). The first-order chi connectivity index (χ1) is 6.81. The summed E-state index contributed by atoms with van der Waals surface area (Å²) in [5, 5.41) is 2.86. The summed E-state index contributed by atoms with van der Waals surface area (Å²) < 4.78 is 0. The SMILES string of the molecule is CCN(CC)c1ccc(N[C]=S)cc1. The Bertz CT molecular complexity index is 278. The van der Waals surface area contributed by atoms with Crippen molar-refractivity contribution in [3.05, 3.63) is 24.3 Å². The van der Waals surface area contributed by atoms with Gasteiger partial charge in [-0.2, -0.15) is 0 Å². The third-order valence-electron chi connectivity index (χ3n) is 2.19. The fraction of sp³-hybridized carbons (Fsp3) is 0.364. The van der Waals surface area contributed by atoms with Gasteiger partial charge in [0.05, 0.1) is 0 Å². The summed E-state index contributed by atoms with van der Waals surface area (Å²) in [7, 11) is 0. The van der Waals surface area contributed by atoms with E-state index >= 15 is 0 Å². The van der Waals surface area contributed by atoms with E-state index < -0.39 is 0 Å². The standard InChI is InChI=1S/C11H15N2S/c1-3-13(4-2)11-7-5-10(6-8-11)12-9-14/h5-8H,3-4H2,1-2H3,(H,12,14). The summed E-state index contributed by atoms with van der Waals surface area (Å²) in [4.78, 5) is 2.30. The molecule has 1 radical (unpaired) electrons. The van der Waals surface area contributed by atoms with E-state index in [9.17, 15) is 0 Å². The van der Waals surface area contributed by atoms with Crippen LogP contribution in [0.5, 0.6) is 0 Å². The van der Waals surface area contributed by atoms with Gasteiger partial charge < -0.3 is 10.2 Å². The second kappa shape index (κ2) is 5.60. The molecule has 75 valence electrons. The average molecular weight is 207 g/mol. The lowest BCUT2D eigenvalue weighted by molar-refractivity contribution is 0.866. The maximum absolute atomic E-state index is 4.59. The zero-order valence-electron chi connectivity index (χ0n) is 8.58. The molecule has 0 aromatic heterocycles. The van der Waals surface area contributed by atoms with Gasteiger partial charge in [-0.15, -0.1) is 0 Å². The zero-order valence-corrected chi connectivity index (χ0v) is 9.40. The van der Waals surface area contributed by atoms with Crippen molar-refractivity contribution in [1.29, 1.82) is 0 Å². The van der Waals surface area contributed by atoms with Crippen LogP contribution in [0, 0.1) is 0 Å². The van der Waals surface area contributed by atoms with Gasteiger partial charge in [-0.1, -0.05) is 12.2 Å². The van der Waals surface area contributed by atoms with Crippen LogP contribution < -0.4 is 10.2 Å². The molecule has 0 saturated carbocycles. The molecule has 0 aliphatic carbocycles. The van der Waals surface area contributed by atoms with Crippen LogP contribution in [0.1, 0.15) is 13.8 Å². The third-order valence-corrected chi connectivity index (χ3v) is 2.29. The predicted octanol–water partition coefficient (Wildman–Crippen LogP) is 2.78. The molecule has 0 fully saturated rings. The molecular formula is C11H15N2S. The first kappa shape index (κ1) is 11.0. The van der Waals surface area contributed by atoms with E-state index in [0.29, 0.717) is 0 Å². The van der Waals surface area contributed by atoms with Gasteiger partial charge in [-0.05, 0) is 38.1 Å². The topological polar surface area (TPSA) is 15.3 Å². The molecule has 1 aromatic carbocycles. The van der Waals surface area contributed by atoms with Crippen LogP contribution in [0.25, 0.3) is 0 Å². The lowest BCUT2D eigenvalue weighted by Crippen LogP contribution is -2.21. The summed E-state index contributed by atoms with van der Waals surface area (Å²) in [6, 6.07) is 8.18. The Morgan fingerprint density at radius 3 is 2.21 bits per heavy atom. The Balaban J connectivity index is 2.76. The Morgan fingerprint density at radius 1 is 1.21 bits per heavy atom. The maximum Gasteiger partial charge on any atom is 0.138 e. The van der Waals surface area contributed by atoms with Crippen molar-refractivity contribution in [2.45, 2.75) is 13.8 Å². The van der Waals surface area contributed by atoms with Crippen LogP contribution in [0.2, 0.25) is 0 Å². The molecule has 0 aliphatic rings. The lowest BCUT2D eigenvalue weighted by atomic mass is 10.2. The van der Waals surface area contributed by atoms with Gasteiger partial charge in [0.2, 0.25) is 0 Å². The number of nitrogens with zero attached hydrogens (tertiary/aromatic N) is 1. The zero-order chi connectivity index (χ0) is 10.4. The molecule has 0 saturated heterocycles. The quantitative estimate of drug-likeness (QED) is 0.590. The van der Waals surface area contributed by atoms with E-state index in [-0.39, 0.29) is 0 Å². The molecule has 0 atom stereocenters. The Hall–Kier alpha value is -1.09. The van der Waals surface area contributed by atoms with Crippen molar-refractivity contribution in [2.75, 3.05) is 23.3 Å². The Labute approximate surface area is 90.9 Å². The number of nitrogens with one attached hydrogen (secondary N) is 1. The summed E-state index contributed by atoms with van der Waals surface area (Å²) in [6.07, 6.45) is 0. The summed E-state index contributed by atoms with van der Waals surface area (Å²) >= 11 is 4.59. The number of hydrogen-bond acceptors (Lipinski definition) is 2. The molecule has 0 aliphatic heterocycles. The minimum atomic E-state index is 0.982. The Morgan fingerprint density at radius 2 is 1.79 bits per heavy atom. The van der Waals surface area contributed by atoms with Crippen LogP contribution in [-0.4, -0.2) is 18.6 Å². The van der Waals surface area contributed by atoms with Crippen molar-refractivity contribution in [3.8, 4) is 0 Å². The maximum atomic E-state index is 4.59. The van der Waals surface area contributed by atoms with Gasteiger partial charge in [0.25, 0.3) is 0 Å². The van der Waals surface area contributed by atoms with Crippen molar-refractivity contribution in [2.24, 2.45) is 0 Å². The van der Waals surface area contributed by atoms with Crippen molar-refractivity contribution in [1.82, 2.24) is 0 Å². The number of anilines is 2. The second-order valence-corrected chi connectivity index (χ2v) is 3.15. The molecule has 14 heavy (non-hydrogen) atoms. The molecule has 0 spiro atoms. The Kier molecular flexibility index (Phi) is 4.40. The van der Waals surface area contributed by atoms with Gasteiger partial charge in [0.1, 0.15) is 5.49 Å². The lowest BCUT2D eigenvalue weighted by Gasteiger charge is -2.20. The normalized spacial score (nSPS) is 9.57. The highest BCUT2D eigenvalue weighted by atomic mass is 32.1. The number of benzene rings is 1. The fourth-order valence-corrected chi connectivity index (χ4v) is 1.52. The highest BCUT2D eigenvalue weighted by Crippen LogP contribution is 2.16. The molecule has 0 heterocycles. The number of hydrogen-bond donors (Lipinski definition) is 1. The van der Waals surface area contributed by atoms with Crippen LogP contribution >= 0.6 is 12.2 Å². The fourth-order valence-electron chi connectivity index (χ4n) is 1.40. The molecule has 0 amide bonds. The molecule has 0 unspecified atom stereocenters. The molecular weight excluding hydrogens is 192 g/mol. The van der Waals surface area contributed by atoms with Crippen LogP contribution in [0.15, 0.2) is 24.3 Å². The average Bonchev–Trinajstić information content (AvgIpc) is 2.23. The monoisotopic (exact) mass is 207 g/mol. The van der Waals surface area contributed by atoms with Gasteiger partial charge in [0.15, 0.2) is 0 Å². The molecule has 1 aromatic rings. The van der Waals surface area contributed by atoms with Gasteiger partial charge in [-0.3, -0.25) is 0 Å². The van der Waals surface area contributed by atoms with E-state index in [4.69, 9.17) is 0 Å². The summed E-state index contributed by atoms with van der Waals surface area (Å²) in [5.41, 5.74) is 4.70. The van der Waals surface area contributed by atoms with Crippen LogP contribution in [0.4, 0.5) is 11.4 Å². The van der Waals surface area contributed by atoms with E-state index in [1.54, 1.807) is 0 Å². The van der Waals surface area contributed by atoms with Crippen LogP contribution in [0.3, 0.4) is 0 Å². The van der Waals surface area contributed by atoms with Gasteiger partial charge in [0, 0.05) is 24.5 Å². The van der Waals surface area contributed by atoms with Gasteiger partial charge in [-0.25, -0.2) is 0 Å². The predicted molar refractivity (Wildman–Crippen MR) is 66.2 cm³/mol. The van der Waals surface area contributed by atoms with E-state index in [1.807, 2.05) is 12.1 Å². The van der Waals surface area contributed by atoms with Crippen molar-refractivity contribution >= 4 is 29.1 Å². The van der Waals surface area contributed by atoms with Crippen molar-refractivity contribution in [3.63, 3.8) is 0 Å². The largest absolute Gasteiger partial charge is 0.372 e. The summed E-state index contributed by atoms with van der Waals surface area (Å²) in [6.45, 7) is 6.37. The highest BCUT2D eigenvalue weighted by Gasteiger charge is 2.00. The summed E-state index contributed by atoms with van der Waals surface area (Å²) in [5.74, 6) is 0. The van der Waals surface area contributed by atoms with Gasteiger partial charge >= 0.3 is 0 Å². The number of thiocarbonyl (C=S) groups is 1. The van der Waals surface area contributed by atoms with E-state index in [1.165, 1.54) is 5.69 Å². The van der Waals surface area contributed by atoms with E-state index in [0.717, 1.165) is 18.8 Å².